The number of carbonyl (C=O) groups is 1. The highest BCUT2D eigenvalue weighted by Crippen LogP contribution is 2.32. The molecule has 2 aliphatic rings. The number of amides is 1. The van der Waals surface area contributed by atoms with Crippen molar-refractivity contribution in [3.63, 3.8) is 0 Å². The topological polar surface area (TPSA) is 78.4 Å². The summed E-state index contributed by atoms with van der Waals surface area (Å²) in [4.78, 5) is 36.4. The predicted octanol–water partition coefficient (Wildman–Crippen LogP) is 3.01. The van der Waals surface area contributed by atoms with Crippen LogP contribution >= 0.6 is 11.6 Å². The molecule has 31 heavy (non-hydrogen) atoms. The fourth-order valence-electron chi connectivity index (χ4n) is 4.18. The third-order valence-electron chi connectivity index (χ3n) is 5.91. The lowest BCUT2D eigenvalue weighted by molar-refractivity contribution is -0.118. The lowest BCUT2D eigenvalue weighted by Crippen LogP contribution is -2.46. The van der Waals surface area contributed by atoms with Gasteiger partial charge in [-0.1, -0.05) is 41.9 Å². The van der Waals surface area contributed by atoms with Crippen LogP contribution in [0.15, 0.2) is 30.3 Å². The van der Waals surface area contributed by atoms with Crippen LogP contribution in [-0.4, -0.2) is 70.5 Å². The van der Waals surface area contributed by atoms with E-state index >= 15 is 0 Å². The summed E-state index contributed by atoms with van der Waals surface area (Å²) in [7, 11) is 0. The van der Waals surface area contributed by atoms with Gasteiger partial charge in [-0.25, -0.2) is 9.97 Å². The highest BCUT2D eigenvalue weighted by atomic mass is 35.5. The maximum absolute atomic E-state index is 11.1. The summed E-state index contributed by atoms with van der Waals surface area (Å²) in [5, 5.41) is 0.332. The Kier molecular flexibility index (Phi) is 5.55. The molecule has 0 aliphatic carbocycles. The third kappa shape index (κ3) is 3.99. The summed E-state index contributed by atoms with van der Waals surface area (Å²) in [6.45, 7) is 4.57. The van der Waals surface area contributed by atoms with Crippen molar-refractivity contribution in [1.82, 2.24) is 24.8 Å². The number of fused-ring (bicyclic) bond motifs is 1. The number of piperidine rings is 1. The molecule has 0 saturated carbocycles. The van der Waals surface area contributed by atoms with E-state index in [1.54, 1.807) is 4.90 Å². The molecule has 0 bridgehead atoms. The van der Waals surface area contributed by atoms with Crippen LogP contribution in [0.5, 0.6) is 0 Å². The van der Waals surface area contributed by atoms with Crippen molar-refractivity contribution >= 4 is 40.9 Å². The van der Waals surface area contributed by atoms with Gasteiger partial charge in [0.25, 0.3) is 0 Å². The van der Waals surface area contributed by atoms with Crippen LogP contribution in [0, 0.1) is 0 Å². The molecule has 1 amide bonds. The first-order chi connectivity index (χ1) is 15.2. The number of benzene rings is 1. The number of anilines is 2. The molecule has 2 aliphatic heterocycles. The molecule has 2 aromatic heterocycles. The zero-order valence-corrected chi connectivity index (χ0v) is 18.0. The second-order valence-electron chi connectivity index (χ2n) is 7.92. The van der Waals surface area contributed by atoms with E-state index in [1.165, 1.54) is 6.42 Å². The van der Waals surface area contributed by atoms with Gasteiger partial charge in [-0.3, -0.25) is 4.79 Å². The molecule has 0 atom stereocenters. The minimum Gasteiger partial charge on any atom is -0.355 e. The second-order valence-corrected chi connectivity index (χ2v) is 8.28. The first-order valence-corrected chi connectivity index (χ1v) is 11.1. The third-order valence-corrected chi connectivity index (χ3v) is 6.17. The Balaban J connectivity index is 1.61. The van der Waals surface area contributed by atoms with Gasteiger partial charge < -0.3 is 14.7 Å². The van der Waals surface area contributed by atoms with E-state index in [1.807, 2.05) is 30.3 Å². The molecule has 1 aromatic carbocycles. The molecule has 3 aromatic rings. The van der Waals surface area contributed by atoms with Gasteiger partial charge in [0, 0.05) is 44.8 Å². The zero-order valence-electron chi connectivity index (χ0n) is 17.2. The maximum Gasteiger partial charge on any atom is 0.229 e. The summed E-state index contributed by atoms with van der Waals surface area (Å²) in [6, 6.07) is 9.84. The van der Waals surface area contributed by atoms with Crippen molar-refractivity contribution in [3.8, 4) is 11.3 Å². The van der Waals surface area contributed by atoms with Crippen LogP contribution in [0.1, 0.15) is 19.3 Å². The fourth-order valence-corrected chi connectivity index (χ4v) is 4.41. The van der Waals surface area contributed by atoms with Crippen molar-refractivity contribution in [2.75, 3.05) is 49.1 Å². The molecule has 4 heterocycles. The van der Waals surface area contributed by atoms with E-state index in [9.17, 15) is 4.79 Å². The molecule has 0 radical (unpaired) electrons. The van der Waals surface area contributed by atoms with Crippen LogP contribution in [0.25, 0.3) is 22.4 Å². The molecule has 2 fully saturated rings. The molecular weight excluding hydrogens is 414 g/mol. The van der Waals surface area contributed by atoms with Gasteiger partial charge >= 0.3 is 0 Å². The summed E-state index contributed by atoms with van der Waals surface area (Å²) in [6.07, 6.45) is 4.39. The molecule has 2 saturated heterocycles. The van der Waals surface area contributed by atoms with E-state index in [4.69, 9.17) is 26.6 Å². The van der Waals surface area contributed by atoms with Gasteiger partial charge in [0.15, 0.2) is 22.1 Å². The second kappa shape index (κ2) is 8.63. The molecular formula is C22H24ClN7O. The number of rotatable bonds is 4. The number of carbonyl (C=O) groups excluding carboxylic acids is 1. The molecule has 9 heteroatoms. The van der Waals surface area contributed by atoms with Gasteiger partial charge in [-0.15, -0.1) is 0 Å². The van der Waals surface area contributed by atoms with Gasteiger partial charge in [-0.2, -0.15) is 9.97 Å². The number of piperazine rings is 1. The number of aromatic nitrogens is 4. The normalized spacial score (nSPS) is 17.3. The summed E-state index contributed by atoms with van der Waals surface area (Å²) < 4.78 is 0. The van der Waals surface area contributed by atoms with Crippen molar-refractivity contribution in [2.24, 2.45) is 0 Å². The first-order valence-electron chi connectivity index (χ1n) is 10.7. The number of hydrogen-bond acceptors (Lipinski definition) is 7. The number of nitrogens with zero attached hydrogens (tertiary/aromatic N) is 7. The van der Waals surface area contributed by atoms with E-state index in [0.717, 1.165) is 43.7 Å². The average molecular weight is 438 g/mol. The highest BCUT2D eigenvalue weighted by molar-refractivity contribution is 6.32. The molecule has 8 nitrogen and oxygen atoms in total. The Bertz CT molecular complexity index is 1080. The van der Waals surface area contributed by atoms with Crippen LogP contribution in [-0.2, 0) is 4.79 Å². The number of halogens is 1. The monoisotopic (exact) mass is 437 g/mol. The Morgan fingerprint density at radius 1 is 0.806 bits per heavy atom. The van der Waals surface area contributed by atoms with Crippen molar-refractivity contribution < 1.29 is 4.79 Å². The van der Waals surface area contributed by atoms with Gasteiger partial charge in [0.2, 0.25) is 12.4 Å². The number of hydrogen-bond donors (Lipinski definition) is 0. The van der Waals surface area contributed by atoms with Crippen LogP contribution < -0.4 is 9.80 Å². The lowest BCUT2D eigenvalue weighted by Gasteiger charge is -2.34. The van der Waals surface area contributed by atoms with E-state index in [-0.39, 0.29) is 0 Å². The minimum absolute atomic E-state index is 0.332. The minimum atomic E-state index is 0.332. The largest absolute Gasteiger partial charge is 0.355 e. The summed E-state index contributed by atoms with van der Waals surface area (Å²) in [5.41, 5.74) is 2.75. The molecule has 0 spiro atoms. The van der Waals surface area contributed by atoms with Crippen LogP contribution in [0.4, 0.5) is 11.8 Å². The van der Waals surface area contributed by atoms with Gasteiger partial charge in [0.05, 0.1) is 0 Å². The smallest absolute Gasteiger partial charge is 0.229 e. The maximum atomic E-state index is 11.1. The molecule has 160 valence electrons. The Morgan fingerprint density at radius 3 is 2.26 bits per heavy atom. The Labute approximate surface area is 185 Å². The van der Waals surface area contributed by atoms with Gasteiger partial charge in [-0.05, 0) is 19.3 Å². The standard InChI is InChI=1S/C22H24ClN7O/c23-19-17(16-7-3-1-4-8-16)24-18-20(25-19)26-22(30-13-11-28(15-31)12-14-30)27-21(18)29-9-5-2-6-10-29/h1,3-4,7-8,15H,2,5-6,9-14H2. The highest BCUT2D eigenvalue weighted by Gasteiger charge is 2.24. The Morgan fingerprint density at radius 2 is 1.55 bits per heavy atom. The molecule has 0 unspecified atom stereocenters. The zero-order chi connectivity index (χ0) is 21.2. The van der Waals surface area contributed by atoms with E-state index < -0.39 is 0 Å². The van der Waals surface area contributed by atoms with Crippen molar-refractivity contribution in [2.45, 2.75) is 19.3 Å². The van der Waals surface area contributed by atoms with Crippen molar-refractivity contribution in [3.05, 3.63) is 35.5 Å². The summed E-state index contributed by atoms with van der Waals surface area (Å²) in [5.74, 6) is 1.44. The Hall–Kier alpha value is -3.00. The quantitative estimate of drug-likeness (QED) is 0.580. The summed E-state index contributed by atoms with van der Waals surface area (Å²) >= 11 is 6.55. The SMILES string of the molecule is O=CN1CCN(c2nc(N3CCCCC3)c3nc(-c4ccccc4)c(Cl)nc3n2)CC1. The predicted molar refractivity (Wildman–Crippen MR) is 121 cm³/mol. The van der Waals surface area contributed by atoms with Crippen LogP contribution in [0.2, 0.25) is 5.15 Å². The lowest BCUT2D eigenvalue weighted by atomic mass is 10.1. The molecule has 0 N–H and O–H groups in total. The van der Waals surface area contributed by atoms with E-state index in [2.05, 4.69) is 14.8 Å². The first kappa shape index (κ1) is 19.9. The fraction of sp³-hybridized carbons (Fsp3) is 0.409. The van der Waals surface area contributed by atoms with Gasteiger partial charge in [0.1, 0.15) is 5.69 Å². The van der Waals surface area contributed by atoms with E-state index in [0.29, 0.717) is 54.1 Å². The molecule has 5 rings (SSSR count). The van der Waals surface area contributed by atoms with Crippen LogP contribution in [0.3, 0.4) is 0 Å². The average Bonchev–Trinajstić information content (AvgIpc) is 2.84. The van der Waals surface area contributed by atoms with Crippen molar-refractivity contribution in [1.29, 1.82) is 0 Å².